The molecule has 4 nitrogen and oxygen atoms in total. The average Bonchev–Trinajstić information content (AvgIpc) is 2.39. The first kappa shape index (κ1) is 14.5. The SMILES string of the molecule is CCC1CC[NH+]=C(c2ccccc2C(=O)O)N1.[Cl-]. The van der Waals surface area contributed by atoms with Crippen LogP contribution in [0, 0.1) is 0 Å². The van der Waals surface area contributed by atoms with Crippen LogP contribution in [0.2, 0.25) is 0 Å². The molecule has 0 radical (unpaired) electrons. The molecule has 1 aliphatic rings. The predicted octanol–water partition coefficient (Wildman–Crippen LogP) is -3.01. The van der Waals surface area contributed by atoms with Gasteiger partial charge in [0, 0.05) is 6.42 Å². The van der Waals surface area contributed by atoms with Gasteiger partial charge in [-0.3, -0.25) is 10.3 Å². The van der Waals surface area contributed by atoms with Gasteiger partial charge in [-0.2, -0.15) is 0 Å². The van der Waals surface area contributed by atoms with Crippen molar-refractivity contribution in [1.29, 1.82) is 0 Å². The Morgan fingerprint density at radius 2 is 2.22 bits per heavy atom. The fraction of sp³-hybridized carbons (Fsp3) is 0.385. The van der Waals surface area contributed by atoms with Crippen molar-refractivity contribution in [2.24, 2.45) is 0 Å². The van der Waals surface area contributed by atoms with Crippen LogP contribution in [-0.4, -0.2) is 29.5 Å². The standard InChI is InChI=1S/C13H16N2O2.ClH/c1-2-9-7-8-14-12(15-9)10-5-3-4-6-11(10)13(16)17;/h3-6,9H,2,7-8H2,1H3,(H,14,15)(H,16,17);1H. The first-order valence-electron chi connectivity index (χ1n) is 5.92. The van der Waals surface area contributed by atoms with Crippen molar-refractivity contribution < 1.29 is 27.3 Å². The third-order valence-corrected chi connectivity index (χ3v) is 3.06. The van der Waals surface area contributed by atoms with Gasteiger partial charge in [-0.1, -0.05) is 19.1 Å². The first-order valence-corrected chi connectivity index (χ1v) is 5.92. The second kappa shape index (κ2) is 6.40. The molecule has 1 unspecified atom stereocenters. The largest absolute Gasteiger partial charge is 1.00 e. The van der Waals surface area contributed by atoms with Gasteiger partial charge in [-0.25, -0.2) is 4.79 Å². The summed E-state index contributed by atoms with van der Waals surface area (Å²) >= 11 is 0. The maximum atomic E-state index is 11.1. The molecule has 1 aromatic rings. The van der Waals surface area contributed by atoms with Crippen molar-refractivity contribution in [2.75, 3.05) is 6.54 Å². The van der Waals surface area contributed by atoms with E-state index in [-0.39, 0.29) is 12.4 Å². The summed E-state index contributed by atoms with van der Waals surface area (Å²) in [6.45, 7) is 3.01. The quantitative estimate of drug-likeness (QED) is 0.547. The third kappa shape index (κ3) is 3.01. The zero-order chi connectivity index (χ0) is 12.3. The number of hydrogen-bond donors (Lipinski definition) is 3. The van der Waals surface area contributed by atoms with Gasteiger partial charge in [0.2, 0.25) is 0 Å². The molecular weight excluding hydrogens is 252 g/mol. The number of hydrogen-bond acceptors (Lipinski definition) is 2. The van der Waals surface area contributed by atoms with Crippen LogP contribution < -0.4 is 22.7 Å². The van der Waals surface area contributed by atoms with E-state index >= 15 is 0 Å². The summed E-state index contributed by atoms with van der Waals surface area (Å²) in [6.07, 6.45) is 2.11. The van der Waals surface area contributed by atoms with Gasteiger partial charge in [0.25, 0.3) is 5.84 Å². The van der Waals surface area contributed by atoms with Crippen molar-refractivity contribution in [3.63, 3.8) is 0 Å². The zero-order valence-corrected chi connectivity index (χ0v) is 11.0. The summed E-state index contributed by atoms with van der Waals surface area (Å²) < 4.78 is 0. The van der Waals surface area contributed by atoms with Crippen LogP contribution in [0.5, 0.6) is 0 Å². The number of nitrogens with one attached hydrogen (secondary N) is 2. The lowest BCUT2D eigenvalue weighted by Gasteiger charge is -2.18. The van der Waals surface area contributed by atoms with Crippen LogP contribution in [0.3, 0.4) is 0 Å². The molecule has 0 saturated carbocycles. The maximum Gasteiger partial charge on any atom is 0.336 e. The molecule has 1 atom stereocenters. The number of carboxylic acid groups (broad SMARTS) is 1. The molecule has 2 rings (SSSR count). The van der Waals surface area contributed by atoms with E-state index in [0.717, 1.165) is 30.8 Å². The molecule has 0 saturated heterocycles. The summed E-state index contributed by atoms with van der Waals surface area (Å²) in [4.78, 5) is 14.4. The van der Waals surface area contributed by atoms with Crippen LogP contribution in [0.4, 0.5) is 0 Å². The highest BCUT2D eigenvalue weighted by molar-refractivity contribution is 6.05. The van der Waals surface area contributed by atoms with Crippen molar-refractivity contribution in [2.45, 2.75) is 25.8 Å². The number of aromatic carboxylic acids is 1. The Labute approximate surface area is 113 Å². The lowest BCUT2D eigenvalue weighted by molar-refractivity contribution is -0.465. The molecule has 0 spiro atoms. The molecule has 1 aromatic carbocycles. The molecule has 98 valence electrons. The number of carbonyl (C=O) groups is 1. The van der Waals surface area contributed by atoms with Crippen LogP contribution in [0.15, 0.2) is 24.3 Å². The minimum atomic E-state index is -0.893. The fourth-order valence-corrected chi connectivity index (χ4v) is 2.07. The normalized spacial score (nSPS) is 18.3. The van der Waals surface area contributed by atoms with Crippen molar-refractivity contribution in [1.82, 2.24) is 5.32 Å². The highest BCUT2D eigenvalue weighted by Gasteiger charge is 2.24. The van der Waals surface area contributed by atoms with Crippen molar-refractivity contribution in [3.8, 4) is 0 Å². The van der Waals surface area contributed by atoms with Gasteiger partial charge < -0.3 is 17.5 Å². The maximum absolute atomic E-state index is 11.1. The van der Waals surface area contributed by atoms with Gasteiger partial charge in [0.15, 0.2) is 0 Å². The van der Waals surface area contributed by atoms with Crippen molar-refractivity contribution >= 4 is 11.8 Å². The second-order valence-corrected chi connectivity index (χ2v) is 4.19. The highest BCUT2D eigenvalue weighted by Crippen LogP contribution is 2.09. The Kier molecular flexibility index (Phi) is 5.16. The summed E-state index contributed by atoms with van der Waals surface area (Å²) in [5, 5.41) is 12.5. The van der Waals surface area contributed by atoms with Gasteiger partial charge in [0.05, 0.1) is 23.7 Å². The lowest BCUT2D eigenvalue weighted by Crippen LogP contribution is -3.00. The van der Waals surface area contributed by atoms with Gasteiger partial charge in [-0.15, -0.1) is 0 Å². The molecule has 18 heavy (non-hydrogen) atoms. The monoisotopic (exact) mass is 268 g/mol. The molecule has 1 aliphatic heterocycles. The molecule has 0 aliphatic carbocycles. The van der Waals surface area contributed by atoms with E-state index in [0.29, 0.717) is 11.6 Å². The Bertz CT molecular complexity index is 460. The van der Waals surface area contributed by atoms with Crippen LogP contribution >= 0.6 is 0 Å². The van der Waals surface area contributed by atoms with E-state index in [1.165, 1.54) is 0 Å². The Morgan fingerprint density at radius 3 is 2.89 bits per heavy atom. The van der Waals surface area contributed by atoms with Gasteiger partial charge >= 0.3 is 5.97 Å². The molecule has 1 heterocycles. The van der Waals surface area contributed by atoms with E-state index in [1.807, 2.05) is 12.1 Å². The summed E-state index contributed by atoms with van der Waals surface area (Å²) in [5.74, 6) is -0.0589. The predicted molar refractivity (Wildman–Crippen MR) is 65.2 cm³/mol. The van der Waals surface area contributed by atoms with Crippen LogP contribution in [-0.2, 0) is 0 Å². The number of rotatable bonds is 3. The Hall–Kier alpha value is -1.55. The molecule has 0 aromatic heterocycles. The molecule has 0 bridgehead atoms. The molecule has 3 N–H and O–H groups in total. The van der Waals surface area contributed by atoms with Crippen LogP contribution in [0.25, 0.3) is 0 Å². The molecular formula is C13H17ClN2O2. The van der Waals surface area contributed by atoms with E-state index < -0.39 is 5.97 Å². The minimum Gasteiger partial charge on any atom is -1.00 e. The average molecular weight is 269 g/mol. The topological polar surface area (TPSA) is 63.3 Å². The van der Waals surface area contributed by atoms with E-state index in [9.17, 15) is 4.79 Å². The second-order valence-electron chi connectivity index (χ2n) is 4.19. The number of carboxylic acids is 1. The number of amidine groups is 1. The Morgan fingerprint density at radius 1 is 1.50 bits per heavy atom. The van der Waals surface area contributed by atoms with Gasteiger partial charge in [0.1, 0.15) is 0 Å². The van der Waals surface area contributed by atoms with Gasteiger partial charge in [-0.05, 0) is 18.6 Å². The van der Waals surface area contributed by atoms with E-state index in [2.05, 4.69) is 17.2 Å². The minimum absolute atomic E-state index is 0. The molecule has 5 heteroatoms. The van der Waals surface area contributed by atoms with Crippen LogP contribution in [0.1, 0.15) is 35.7 Å². The smallest absolute Gasteiger partial charge is 0.336 e. The van der Waals surface area contributed by atoms with E-state index in [1.54, 1.807) is 12.1 Å². The summed E-state index contributed by atoms with van der Waals surface area (Å²) in [5.41, 5.74) is 1.07. The first-order chi connectivity index (χ1) is 8.22. The highest BCUT2D eigenvalue weighted by atomic mass is 35.5. The third-order valence-electron chi connectivity index (χ3n) is 3.06. The summed E-state index contributed by atoms with van der Waals surface area (Å²) in [6, 6.07) is 7.48. The molecule has 0 fully saturated rings. The molecule has 0 amide bonds. The Balaban J connectivity index is 0.00000162. The summed E-state index contributed by atoms with van der Waals surface area (Å²) in [7, 11) is 0. The number of halogens is 1. The van der Waals surface area contributed by atoms with E-state index in [4.69, 9.17) is 5.11 Å². The fourth-order valence-electron chi connectivity index (χ4n) is 2.07. The van der Waals surface area contributed by atoms with Crippen molar-refractivity contribution in [3.05, 3.63) is 35.4 Å². The lowest BCUT2D eigenvalue weighted by atomic mass is 10.0. The zero-order valence-electron chi connectivity index (χ0n) is 10.2. The number of benzene rings is 1.